The van der Waals surface area contributed by atoms with Crippen LogP contribution in [-0.4, -0.2) is 57.6 Å². The summed E-state index contributed by atoms with van der Waals surface area (Å²) in [5.41, 5.74) is 0.919. The molecule has 8 heteroatoms. The Hall–Kier alpha value is -2.06. The number of anilines is 1. The van der Waals surface area contributed by atoms with Gasteiger partial charge in [0.15, 0.2) is 0 Å². The maximum atomic E-state index is 12.6. The predicted molar refractivity (Wildman–Crippen MR) is 106 cm³/mol. The fraction of sp³-hybridized carbons (Fsp3) is 0.600. The molecule has 2 aromatic heterocycles. The standard InChI is InChI=1S/C20H25N5O2S/c26-19-3-9-27-20(13-25(19)12-18-21-6-10-28-18)4-7-24(8-5-20)17-11-16(15-1-2-15)22-14-23-17/h6,10-11,14-15H,1-5,7-9,12-13H2. The Bertz CT molecular complexity index is 831. The summed E-state index contributed by atoms with van der Waals surface area (Å²) in [7, 11) is 0. The number of thiazole rings is 1. The van der Waals surface area contributed by atoms with Crippen LogP contribution in [0.1, 0.15) is 48.7 Å². The van der Waals surface area contributed by atoms with Gasteiger partial charge in [-0.3, -0.25) is 4.79 Å². The average molecular weight is 400 g/mol. The lowest BCUT2D eigenvalue weighted by atomic mass is 9.90. The maximum absolute atomic E-state index is 12.6. The third-order valence-electron chi connectivity index (χ3n) is 6.03. The number of rotatable bonds is 4. The van der Waals surface area contributed by atoms with Crippen LogP contribution in [0.3, 0.4) is 0 Å². The van der Waals surface area contributed by atoms with E-state index in [1.54, 1.807) is 23.9 Å². The monoisotopic (exact) mass is 399 g/mol. The van der Waals surface area contributed by atoms with E-state index in [-0.39, 0.29) is 11.5 Å². The van der Waals surface area contributed by atoms with Crippen molar-refractivity contribution in [1.82, 2.24) is 19.9 Å². The van der Waals surface area contributed by atoms with Crippen LogP contribution in [0.25, 0.3) is 0 Å². The van der Waals surface area contributed by atoms with Gasteiger partial charge in [0.05, 0.1) is 31.7 Å². The van der Waals surface area contributed by atoms with Crippen molar-refractivity contribution in [1.29, 1.82) is 0 Å². The zero-order valence-corrected chi connectivity index (χ0v) is 16.7. The van der Waals surface area contributed by atoms with Crippen LogP contribution in [0.5, 0.6) is 0 Å². The molecular formula is C20H25N5O2S. The van der Waals surface area contributed by atoms with Gasteiger partial charge >= 0.3 is 0 Å². The van der Waals surface area contributed by atoms with Crippen molar-refractivity contribution in [3.05, 3.63) is 34.7 Å². The molecule has 0 N–H and O–H groups in total. The van der Waals surface area contributed by atoms with E-state index >= 15 is 0 Å². The lowest BCUT2D eigenvalue weighted by Gasteiger charge is -2.42. The van der Waals surface area contributed by atoms with Gasteiger partial charge in [0, 0.05) is 42.3 Å². The van der Waals surface area contributed by atoms with E-state index in [9.17, 15) is 4.79 Å². The van der Waals surface area contributed by atoms with Crippen molar-refractivity contribution >= 4 is 23.1 Å². The Kier molecular flexibility index (Phi) is 4.76. The average Bonchev–Trinajstić information content (AvgIpc) is 3.47. The predicted octanol–water partition coefficient (Wildman–Crippen LogP) is 2.60. The van der Waals surface area contributed by atoms with Crippen molar-refractivity contribution < 1.29 is 9.53 Å². The van der Waals surface area contributed by atoms with Crippen molar-refractivity contribution in [2.24, 2.45) is 0 Å². The number of ether oxygens (including phenoxy) is 1. The zero-order valence-electron chi connectivity index (χ0n) is 15.9. The van der Waals surface area contributed by atoms with Crippen LogP contribution >= 0.6 is 11.3 Å². The van der Waals surface area contributed by atoms with E-state index in [0.29, 0.717) is 32.0 Å². The van der Waals surface area contributed by atoms with Crippen LogP contribution in [0.2, 0.25) is 0 Å². The molecule has 3 fully saturated rings. The molecule has 0 unspecified atom stereocenters. The third kappa shape index (κ3) is 3.75. The van der Waals surface area contributed by atoms with Gasteiger partial charge in [-0.1, -0.05) is 0 Å². The Morgan fingerprint density at radius 2 is 2.07 bits per heavy atom. The normalized spacial score (nSPS) is 22.5. The largest absolute Gasteiger partial charge is 0.372 e. The van der Waals surface area contributed by atoms with Crippen LogP contribution in [-0.2, 0) is 16.1 Å². The molecule has 28 heavy (non-hydrogen) atoms. The summed E-state index contributed by atoms with van der Waals surface area (Å²) < 4.78 is 6.27. The lowest BCUT2D eigenvalue weighted by molar-refractivity contribution is -0.132. The van der Waals surface area contributed by atoms with Crippen LogP contribution in [0.15, 0.2) is 24.0 Å². The molecule has 3 aliphatic rings. The smallest absolute Gasteiger partial charge is 0.225 e. The van der Waals surface area contributed by atoms with Crippen LogP contribution in [0.4, 0.5) is 5.82 Å². The summed E-state index contributed by atoms with van der Waals surface area (Å²) in [6.45, 7) is 3.52. The molecule has 7 nitrogen and oxygen atoms in total. The van der Waals surface area contributed by atoms with Gasteiger partial charge in [-0.25, -0.2) is 15.0 Å². The summed E-state index contributed by atoms with van der Waals surface area (Å²) >= 11 is 1.60. The first-order chi connectivity index (χ1) is 13.7. The molecule has 5 rings (SSSR count). The molecule has 148 valence electrons. The van der Waals surface area contributed by atoms with E-state index in [4.69, 9.17) is 4.74 Å². The molecule has 0 atom stereocenters. The molecule has 0 bridgehead atoms. The minimum absolute atomic E-state index is 0.166. The molecule has 1 saturated carbocycles. The van der Waals surface area contributed by atoms with Crippen molar-refractivity contribution in [2.75, 3.05) is 31.1 Å². The van der Waals surface area contributed by atoms with E-state index in [2.05, 4.69) is 25.9 Å². The number of amides is 1. The Morgan fingerprint density at radius 1 is 1.21 bits per heavy atom. The zero-order chi connectivity index (χ0) is 19.0. The van der Waals surface area contributed by atoms with Gasteiger partial charge in [-0.15, -0.1) is 11.3 Å². The lowest BCUT2D eigenvalue weighted by Crippen LogP contribution is -2.52. The number of carbonyl (C=O) groups excluding carboxylic acids is 1. The summed E-state index contributed by atoms with van der Waals surface area (Å²) in [4.78, 5) is 30.1. The summed E-state index contributed by atoms with van der Waals surface area (Å²) in [5, 5.41) is 2.94. The number of hydrogen-bond donors (Lipinski definition) is 0. The first kappa shape index (κ1) is 18.0. The highest BCUT2D eigenvalue weighted by atomic mass is 32.1. The summed E-state index contributed by atoms with van der Waals surface area (Å²) in [6.07, 6.45) is 8.24. The fourth-order valence-electron chi connectivity index (χ4n) is 4.22. The maximum Gasteiger partial charge on any atom is 0.225 e. The highest BCUT2D eigenvalue weighted by Gasteiger charge is 2.41. The molecule has 0 aromatic carbocycles. The molecule has 1 amide bonds. The molecule has 2 aliphatic heterocycles. The van der Waals surface area contributed by atoms with Crippen molar-refractivity contribution in [2.45, 2.75) is 50.2 Å². The van der Waals surface area contributed by atoms with E-state index in [1.807, 2.05) is 10.3 Å². The number of hydrogen-bond acceptors (Lipinski definition) is 7. The minimum atomic E-state index is -0.258. The molecular weight excluding hydrogens is 374 g/mol. The van der Waals surface area contributed by atoms with E-state index in [0.717, 1.165) is 36.8 Å². The van der Waals surface area contributed by atoms with Gasteiger partial charge < -0.3 is 14.5 Å². The second-order valence-electron chi connectivity index (χ2n) is 8.02. The molecule has 1 spiro atoms. The van der Waals surface area contributed by atoms with Crippen molar-refractivity contribution in [3.8, 4) is 0 Å². The number of piperidine rings is 1. The van der Waals surface area contributed by atoms with E-state index in [1.165, 1.54) is 18.5 Å². The summed E-state index contributed by atoms with van der Waals surface area (Å²) in [6, 6.07) is 2.15. The molecule has 1 aliphatic carbocycles. The van der Waals surface area contributed by atoms with Gasteiger partial charge in [0.25, 0.3) is 0 Å². The van der Waals surface area contributed by atoms with Crippen molar-refractivity contribution in [3.63, 3.8) is 0 Å². The number of aromatic nitrogens is 3. The fourth-order valence-corrected chi connectivity index (χ4v) is 4.85. The summed E-state index contributed by atoms with van der Waals surface area (Å²) in [5.74, 6) is 1.82. The molecule has 4 heterocycles. The first-order valence-electron chi connectivity index (χ1n) is 10.1. The Labute approximate surface area is 168 Å². The van der Waals surface area contributed by atoms with Gasteiger partial charge in [0.2, 0.25) is 5.91 Å². The molecule has 2 saturated heterocycles. The number of nitrogens with zero attached hydrogens (tertiary/aromatic N) is 5. The Balaban J connectivity index is 1.27. The third-order valence-corrected chi connectivity index (χ3v) is 6.80. The highest BCUT2D eigenvalue weighted by molar-refractivity contribution is 7.09. The SMILES string of the molecule is O=C1CCOC2(CCN(c3cc(C4CC4)ncn3)CC2)CN1Cc1nccs1. The quantitative estimate of drug-likeness (QED) is 0.787. The molecule has 0 radical (unpaired) electrons. The van der Waals surface area contributed by atoms with Crippen LogP contribution in [0, 0.1) is 0 Å². The minimum Gasteiger partial charge on any atom is -0.372 e. The van der Waals surface area contributed by atoms with Gasteiger partial charge in [0.1, 0.15) is 17.2 Å². The van der Waals surface area contributed by atoms with Gasteiger partial charge in [-0.05, 0) is 25.7 Å². The van der Waals surface area contributed by atoms with Gasteiger partial charge in [-0.2, -0.15) is 0 Å². The second-order valence-corrected chi connectivity index (χ2v) is 9.00. The van der Waals surface area contributed by atoms with Crippen LogP contribution < -0.4 is 4.90 Å². The highest BCUT2D eigenvalue weighted by Crippen LogP contribution is 2.40. The molecule has 2 aromatic rings. The second kappa shape index (κ2) is 7.40. The van der Waals surface area contributed by atoms with E-state index < -0.39 is 0 Å². The first-order valence-corrected chi connectivity index (χ1v) is 11.0. The topological polar surface area (TPSA) is 71.5 Å². The number of carbonyl (C=O) groups is 1. The Morgan fingerprint density at radius 3 is 2.82 bits per heavy atom.